The highest BCUT2D eigenvalue weighted by atomic mass is 16.5. The maximum absolute atomic E-state index is 5.40. The number of rotatable bonds is 6. The molecule has 4 rings (SSSR count). The molecule has 0 bridgehead atoms. The minimum absolute atomic E-state index is 0.407. The van der Waals surface area contributed by atoms with Crippen LogP contribution >= 0.6 is 0 Å². The van der Waals surface area contributed by atoms with Gasteiger partial charge in [0.05, 0.1) is 6.20 Å². The van der Waals surface area contributed by atoms with Crippen molar-refractivity contribution < 1.29 is 4.52 Å². The molecule has 0 radical (unpaired) electrons. The topological polar surface area (TPSA) is 72.9 Å². The van der Waals surface area contributed by atoms with Gasteiger partial charge in [-0.1, -0.05) is 5.16 Å². The third-order valence-electron chi connectivity index (χ3n) is 4.49. The minimum Gasteiger partial charge on any atom is -0.339 e. The first kappa shape index (κ1) is 16.0. The van der Waals surface area contributed by atoms with E-state index in [-0.39, 0.29) is 0 Å². The molecule has 0 aliphatic carbocycles. The summed E-state index contributed by atoms with van der Waals surface area (Å²) in [6, 6.07) is 4.18. The van der Waals surface area contributed by atoms with E-state index in [0.717, 1.165) is 31.6 Å². The highest BCUT2D eigenvalue weighted by Crippen LogP contribution is 2.23. The normalized spacial score (nSPS) is 15.6. The molecule has 7 nitrogen and oxygen atoms in total. The first-order valence-electron chi connectivity index (χ1n) is 8.66. The van der Waals surface area contributed by atoms with Crippen LogP contribution in [0.4, 0.5) is 0 Å². The maximum atomic E-state index is 5.40. The molecule has 0 unspecified atom stereocenters. The molecule has 3 aromatic rings. The van der Waals surface area contributed by atoms with Crippen LogP contribution in [-0.4, -0.2) is 42.9 Å². The molecule has 130 valence electrons. The molecular formula is C18H22N6O. The van der Waals surface area contributed by atoms with Crippen LogP contribution in [0.3, 0.4) is 0 Å². The molecule has 0 amide bonds. The molecule has 4 heterocycles. The van der Waals surface area contributed by atoms with E-state index in [1.54, 1.807) is 12.4 Å². The van der Waals surface area contributed by atoms with Gasteiger partial charge in [0.25, 0.3) is 0 Å². The van der Waals surface area contributed by atoms with Crippen LogP contribution in [0.15, 0.2) is 41.4 Å². The van der Waals surface area contributed by atoms with Crippen molar-refractivity contribution >= 4 is 0 Å². The van der Waals surface area contributed by atoms with Gasteiger partial charge in [0.15, 0.2) is 0 Å². The molecule has 3 aromatic heterocycles. The average Bonchev–Trinajstić information content (AvgIpc) is 3.23. The summed E-state index contributed by atoms with van der Waals surface area (Å²) >= 11 is 0. The fourth-order valence-electron chi connectivity index (χ4n) is 3.14. The Labute approximate surface area is 146 Å². The zero-order valence-corrected chi connectivity index (χ0v) is 14.5. The van der Waals surface area contributed by atoms with E-state index in [1.165, 1.54) is 5.56 Å². The predicted molar refractivity (Wildman–Crippen MR) is 92.6 cm³/mol. The summed E-state index contributed by atoms with van der Waals surface area (Å²) in [5.41, 5.74) is 2.20. The first-order chi connectivity index (χ1) is 12.2. The SMILES string of the molecule is CC(C)n1cc(CN2CC(Cc3nc(-c4ccncc4)no3)C2)cn1. The van der Waals surface area contributed by atoms with Gasteiger partial charge in [0, 0.05) is 61.8 Å². The first-order valence-corrected chi connectivity index (χ1v) is 8.66. The molecule has 0 atom stereocenters. The molecule has 0 spiro atoms. The van der Waals surface area contributed by atoms with Crippen LogP contribution in [0.25, 0.3) is 11.4 Å². The van der Waals surface area contributed by atoms with Gasteiger partial charge >= 0.3 is 0 Å². The Hall–Kier alpha value is -2.54. The lowest BCUT2D eigenvalue weighted by Gasteiger charge is -2.38. The number of hydrogen-bond acceptors (Lipinski definition) is 6. The van der Waals surface area contributed by atoms with Gasteiger partial charge < -0.3 is 4.52 Å². The molecule has 1 aliphatic rings. The largest absolute Gasteiger partial charge is 0.339 e. The summed E-state index contributed by atoms with van der Waals surface area (Å²) in [5, 5.41) is 8.46. The fraction of sp³-hybridized carbons (Fsp3) is 0.444. The van der Waals surface area contributed by atoms with Gasteiger partial charge in [-0.3, -0.25) is 14.6 Å². The summed E-state index contributed by atoms with van der Waals surface area (Å²) in [5.74, 6) is 1.92. The van der Waals surface area contributed by atoms with Crippen molar-refractivity contribution in [1.82, 2.24) is 29.8 Å². The van der Waals surface area contributed by atoms with Crippen molar-refractivity contribution in [2.75, 3.05) is 13.1 Å². The Balaban J connectivity index is 1.28. The van der Waals surface area contributed by atoms with Crippen LogP contribution in [0.5, 0.6) is 0 Å². The van der Waals surface area contributed by atoms with E-state index < -0.39 is 0 Å². The summed E-state index contributed by atoms with van der Waals surface area (Å²) in [7, 11) is 0. The molecule has 1 aliphatic heterocycles. The average molecular weight is 338 g/mol. The second-order valence-electron chi connectivity index (χ2n) is 6.93. The van der Waals surface area contributed by atoms with Crippen LogP contribution in [0.2, 0.25) is 0 Å². The predicted octanol–water partition coefficient (Wildman–Crippen LogP) is 2.58. The smallest absolute Gasteiger partial charge is 0.227 e. The van der Waals surface area contributed by atoms with Gasteiger partial charge in [-0.2, -0.15) is 10.1 Å². The molecule has 1 fully saturated rings. The molecule has 1 saturated heterocycles. The van der Waals surface area contributed by atoms with Gasteiger partial charge in [0.1, 0.15) is 0 Å². The zero-order valence-electron chi connectivity index (χ0n) is 14.5. The number of nitrogens with zero attached hydrogens (tertiary/aromatic N) is 6. The molecular weight excluding hydrogens is 316 g/mol. The van der Waals surface area contributed by atoms with Crippen molar-refractivity contribution in [3.63, 3.8) is 0 Å². The van der Waals surface area contributed by atoms with Crippen molar-refractivity contribution in [3.8, 4) is 11.4 Å². The monoisotopic (exact) mass is 338 g/mol. The third kappa shape index (κ3) is 3.61. The number of likely N-dealkylation sites (tertiary alicyclic amines) is 1. The third-order valence-corrected chi connectivity index (χ3v) is 4.49. The van der Waals surface area contributed by atoms with E-state index in [0.29, 0.717) is 23.7 Å². The lowest BCUT2D eigenvalue weighted by molar-refractivity contribution is 0.0866. The highest BCUT2D eigenvalue weighted by molar-refractivity contribution is 5.52. The van der Waals surface area contributed by atoms with Gasteiger partial charge in [-0.15, -0.1) is 0 Å². The second kappa shape index (κ2) is 6.76. The molecule has 7 heteroatoms. The Morgan fingerprint density at radius 2 is 2.04 bits per heavy atom. The van der Waals surface area contributed by atoms with E-state index >= 15 is 0 Å². The number of aromatic nitrogens is 5. The summed E-state index contributed by atoms with van der Waals surface area (Å²) < 4.78 is 7.40. The van der Waals surface area contributed by atoms with Crippen molar-refractivity contribution in [3.05, 3.63) is 48.4 Å². The summed E-state index contributed by atoms with van der Waals surface area (Å²) in [6.07, 6.45) is 8.40. The van der Waals surface area contributed by atoms with Crippen molar-refractivity contribution in [1.29, 1.82) is 0 Å². The Morgan fingerprint density at radius 1 is 1.24 bits per heavy atom. The zero-order chi connectivity index (χ0) is 17.2. The summed E-state index contributed by atoms with van der Waals surface area (Å²) in [4.78, 5) is 10.9. The van der Waals surface area contributed by atoms with Crippen LogP contribution in [0.1, 0.15) is 31.3 Å². The maximum Gasteiger partial charge on any atom is 0.227 e. The van der Waals surface area contributed by atoms with E-state index in [2.05, 4.69) is 45.2 Å². The molecule has 0 saturated carbocycles. The lowest BCUT2D eigenvalue weighted by Crippen LogP contribution is -2.46. The van der Waals surface area contributed by atoms with Gasteiger partial charge in [-0.05, 0) is 31.9 Å². The molecule has 25 heavy (non-hydrogen) atoms. The Kier molecular flexibility index (Phi) is 4.31. The quantitative estimate of drug-likeness (QED) is 0.688. The Bertz CT molecular complexity index is 819. The minimum atomic E-state index is 0.407. The second-order valence-corrected chi connectivity index (χ2v) is 6.93. The summed E-state index contributed by atoms with van der Waals surface area (Å²) in [6.45, 7) is 7.34. The molecule has 0 aromatic carbocycles. The van der Waals surface area contributed by atoms with Crippen LogP contribution in [-0.2, 0) is 13.0 Å². The van der Waals surface area contributed by atoms with E-state index in [4.69, 9.17) is 4.52 Å². The van der Waals surface area contributed by atoms with Crippen molar-refractivity contribution in [2.24, 2.45) is 5.92 Å². The molecule has 0 N–H and O–H groups in total. The van der Waals surface area contributed by atoms with Crippen LogP contribution < -0.4 is 0 Å². The van der Waals surface area contributed by atoms with E-state index in [1.807, 2.05) is 23.0 Å². The Morgan fingerprint density at radius 3 is 2.76 bits per heavy atom. The standard InChI is InChI=1S/C18H22N6O/c1-13(2)24-12-15(8-20-24)11-23-9-14(10-23)7-17-21-18(22-25-17)16-3-5-19-6-4-16/h3-6,8,12-14H,7,9-11H2,1-2H3. The lowest BCUT2D eigenvalue weighted by atomic mass is 9.96. The van der Waals surface area contributed by atoms with Crippen molar-refractivity contribution in [2.45, 2.75) is 32.9 Å². The number of pyridine rings is 1. The van der Waals surface area contributed by atoms with Crippen LogP contribution in [0, 0.1) is 5.92 Å². The van der Waals surface area contributed by atoms with Gasteiger partial charge in [0.2, 0.25) is 11.7 Å². The van der Waals surface area contributed by atoms with E-state index in [9.17, 15) is 0 Å². The number of hydrogen-bond donors (Lipinski definition) is 0. The van der Waals surface area contributed by atoms with Gasteiger partial charge in [-0.25, -0.2) is 0 Å². The fourth-order valence-corrected chi connectivity index (χ4v) is 3.14. The highest BCUT2D eigenvalue weighted by Gasteiger charge is 2.28.